The van der Waals surface area contributed by atoms with Crippen LogP contribution in [0.4, 0.5) is 0 Å². The molecular formula is C7H8N2O. The van der Waals surface area contributed by atoms with Gasteiger partial charge in [-0.05, 0) is 12.5 Å². The van der Waals surface area contributed by atoms with Crippen LogP contribution in [0.5, 0.6) is 0 Å². The highest BCUT2D eigenvalue weighted by Gasteiger charge is 2.10. The summed E-state index contributed by atoms with van der Waals surface area (Å²) in [7, 11) is 0. The van der Waals surface area contributed by atoms with E-state index in [1.807, 2.05) is 6.07 Å². The monoisotopic (exact) mass is 136 g/mol. The topological polar surface area (TPSA) is 70.0 Å². The average Bonchev–Trinajstić information content (AvgIpc) is 1.88. The lowest BCUT2D eigenvalue weighted by atomic mass is 10.0. The van der Waals surface area contributed by atoms with Gasteiger partial charge in [0.25, 0.3) is 0 Å². The number of hydrogen-bond acceptors (Lipinski definition) is 3. The Bertz CT molecular complexity index is 234. The molecule has 0 aromatic heterocycles. The fourth-order valence-electron chi connectivity index (χ4n) is 0.822. The molecule has 0 aliphatic heterocycles. The summed E-state index contributed by atoms with van der Waals surface area (Å²) in [5.41, 5.74) is 5.77. The van der Waals surface area contributed by atoms with E-state index in [2.05, 4.69) is 0 Å². The Labute approximate surface area is 59.1 Å². The summed E-state index contributed by atoms with van der Waals surface area (Å²) in [6.45, 7) is 0. The van der Waals surface area contributed by atoms with Gasteiger partial charge in [0.2, 0.25) is 0 Å². The Kier molecular flexibility index (Phi) is 1.74. The highest BCUT2D eigenvalue weighted by atomic mass is 16.3. The van der Waals surface area contributed by atoms with Crippen molar-refractivity contribution in [3.8, 4) is 6.07 Å². The molecule has 0 radical (unpaired) electrons. The summed E-state index contributed by atoms with van der Waals surface area (Å²) in [6, 6.07) is 1.72. The van der Waals surface area contributed by atoms with Gasteiger partial charge in [0, 0.05) is 6.04 Å². The van der Waals surface area contributed by atoms with Crippen LogP contribution in [-0.4, -0.2) is 11.1 Å². The molecule has 1 rings (SSSR count). The molecular weight excluding hydrogens is 128 g/mol. The molecule has 0 fully saturated rings. The van der Waals surface area contributed by atoms with Crippen LogP contribution in [0.3, 0.4) is 0 Å². The molecule has 1 aliphatic rings. The van der Waals surface area contributed by atoms with Gasteiger partial charge in [0.15, 0.2) is 0 Å². The second-order valence-electron chi connectivity index (χ2n) is 2.18. The maximum absolute atomic E-state index is 9.03. The zero-order valence-corrected chi connectivity index (χ0v) is 5.41. The van der Waals surface area contributed by atoms with Crippen LogP contribution in [0.25, 0.3) is 0 Å². The van der Waals surface area contributed by atoms with E-state index in [9.17, 15) is 0 Å². The lowest BCUT2D eigenvalue weighted by Crippen LogP contribution is -2.19. The Morgan fingerprint density at radius 1 is 1.80 bits per heavy atom. The molecule has 0 amide bonds. The zero-order valence-electron chi connectivity index (χ0n) is 5.41. The maximum Gasteiger partial charge on any atom is 0.130 e. The number of rotatable bonds is 0. The van der Waals surface area contributed by atoms with Crippen molar-refractivity contribution >= 4 is 0 Å². The molecule has 0 bridgehead atoms. The third kappa shape index (κ3) is 1.17. The van der Waals surface area contributed by atoms with Crippen LogP contribution in [0, 0.1) is 11.3 Å². The fraction of sp³-hybridized carbons (Fsp3) is 0.286. The minimum Gasteiger partial charge on any atom is -0.507 e. The standard InChI is InChI=1S/C7H8N2O/c8-4-5-1-2-6(9)3-7(5)10/h1,3,6,10H,2,9H2. The number of hydrogen-bond donors (Lipinski definition) is 2. The van der Waals surface area contributed by atoms with Crippen LogP contribution in [0.15, 0.2) is 23.5 Å². The van der Waals surface area contributed by atoms with Crippen molar-refractivity contribution in [3.63, 3.8) is 0 Å². The van der Waals surface area contributed by atoms with Crippen LogP contribution >= 0.6 is 0 Å². The molecule has 0 aromatic carbocycles. The summed E-state index contributed by atoms with van der Waals surface area (Å²) in [5.74, 6) is 0.00116. The average molecular weight is 136 g/mol. The van der Waals surface area contributed by atoms with Crippen molar-refractivity contribution in [2.45, 2.75) is 12.5 Å². The molecule has 10 heavy (non-hydrogen) atoms. The molecule has 0 aromatic rings. The largest absolute Gasteiger partial charge is 0.507 e. The normalized spacial score (nSPS) is 24.6. The van der Waals surface area contributed by atoms with Gasteiger partial charge in [0.1, 0.15) is 11.8 Å². The summed E-state index contributed by atoms with van der Waals surface area (Å²) in [4.78, 5) is 0. The minimum absolute atomic E-state index is 0.00116. The lowest BCUT2D eigenvalue weighted by Gasteiger charge is -2.09. The number of nitrogens with zero attached hydrogens (tertiary/aromatic N) is 1. The number of nitrogens with two attached hydrogens (primary N) is 1. The third-order valence-electron chi connectivity index (χ3n) is 1.36. The molecule has 52 valence electrons. The summed E-state index contributed by atoms with van der Waals surface area (Å²) < 4.78 is 0. The van der Waals surface area contributed by atoms with Crippen molar-refractivity contribution < 1.29 is 5.11 Å². The molecule has 0 heterocycles. The first-order chi connectivity index (χ1) is 4.74. The van der Waals surface area contributed by atoms with E-state index < -0.39 is 0 Å². The predicted octanol–water partition coefficient (Wildman–Crippen LogP) is 0.609. The van der Waals surface area contributed by atoms with E-state index in [4.69, 9.17) is 16.1 Å². The number of allylic oxidation sites excluding steroid dienone is 1. The molecule has 3 N–H and O–H groups in total. The number of aliphatic hydroxyl groups is 1. The maximum atomic E-state index is 9.03. The number of nitriles is 1. The number of aliphatic hydroxyl groups excluding tert-OH is 1. The fourth-order valence-corrected chi connectivity index (χ4v) is 0.822. The predicted molar refractivity (Wildman–Crippen MR) is 37.0 cm³/mol. The Morgan fingerprint density at radius 2 is 2.50 bits per heavy atom. The highest BCUT2D eigenvalue weighted by Crippen LogP contribution is 2.13. The van der Waals surface area contributed by atoms with Gasteiger partial charge in [-0.15, -0.1) is 0 Å². The minimum atomic E-state index is -0.142. The van der Waals surface area contributed by atoms with Crippen LogP contribution in [0.2, 0.25) is 0 Å². The molecule has 0 spiro atoms. The van der Waals surface area contributed by atoms with Gasteiger partial charge in [-0.3, -0.25) is 0 Å². The third-order valence-corrected chi connectivity index (χ3v) is 1.36. The van der Waals surface area contributed by atoms with Crippen LogP contribution in [-0.2, 0) is 0 Å². The van der Waals surface area contributed by atoms with E-state index in [0.29, 0.717) is 12.0 Å². The second-order valence-corrected chi connectivity index (χ2v) is 2.18. The lowest BCUT2D eigenvalue weighted by molar-refractivity contribution is 0.418. The van der Waals surface area contributed by atoms with E-state index >= 15 is 0 Å². The molecule has 3 heteroatoms. The van der Waals surface area contributed by atoms with Crippen molar-refractivity contribution in [3.05, 3.63) is 23.5 Å². The zero-order chi connectivity index (χ0) is 7.56. The highest BCUT2D eigenvalue weighted by molar-refractivity contribution is 5.40. The van der Waals surface area contributed by atoms with Crippen molar-refractivity contribution in [2.75, 3.05) is 0 Å². The Hall–Kier alpha value is -1.27. The molecule has 1 unspecified atom stereocenters. The van der Waals surface area contributed by atoms with Gasteiger partial charge in [-0.25, -0.2) is 0 Å². The molecule has 0 saturated carbocycles. The van der Waals surface area contributed by atoms with Gasteiger partial charge in [-0.1, -0.05) is 6.08 Å². The van der Waals surface area contributed by atoms with Crippen molar-refractivity contribution in [2.24, 2.45) is 5.73 Å². The first-order valence-electron chi connectivity index (χ1n) is 3.01. The van der Waals surface area contributed by atoms with E-state index in [1.165, 1.54) is 6.08 Å². The van der Waals surface area contributed by atoms with Gasteiger partial charge in [0.05, 0.1) is 5.57 Å². The first-order valence-corrected chi connectivity index (χ1v) is 3.01. The van der Waals surface area contributed by atoms with Crippen molar-refractivity contribution in [1.82, 2.24) is 0 Å². The first kappa shape index (κ1) is 6.84. The SMILES string of the molecule is N#CC1=CCC(N)C=C1O. The summed E-state index contributed by atoms with van der Waals surface area (Å²) >= 11 is 0. The van der Waals surface area contributed by atoms with Gasteiger partial charge >= 0.3 is 0 Å². The van der Waals surface area contributed by atoms with Gasteiger partial charge in [-0.2, -0.15) is 5.26 Å². The van der Waals surface area contributed by atoms with Crippen molar-refractivity contribution in [1.29, 1.82) is 5.26 Å². The van der Waals surface area contributed by atoms with E-state index in [0.717, 1.165) is 0 Å². The Balaban J connectivity index is 2.84. The summed E-state index contributed by atoms with van der Waals surface area (Å²) in [6.07, 6.45) is 3.76. The molecule has 3 nitrogen and oxygen atoms in total. The van der Waals surface area contributed by atoms with E-state index in [-0.39, 0.29) is 11.8 Å². The second kappa shape index (κ2) is 2.54. The van der Waals surface area contributed by atoms with Crippen LogP contribution < -0.4 is 5.73 Å². The molecule has 1 atom stereocenters. The molecule has 0 saturated heterocycles. The van der Waals surface area contributed by atoms with E-state index in [1.54, 1.807) is 6.08 Å². The molecule has 1 aliphatic carbocycles. The Morgan fingerprint density at radius 3 is 3.00 bits per heavy atom. The smallest absolute Gasteiger partial charge is 0.130 e. The quantitative estimate of drug-likeness (QED) is 0.512. The van der Waals surface area contributed by atoms with Crippen LogP contribution in [0.1, 0.15) is 6.42 Å². The van der Waals surface area contributed by atoms with Gasteiger partial charge < -0.3 is 10.8 Å². The summed E-state index contributed by atoms with van der Waals surface area (Å²) in [5, 5.41) is 17.4.